The highest BCUT2D eigenvalue weighted by molar-refractivity contribution is 9.10. The van der Waals surface area contributed by atoms with Crippen molar-refractivity contribution >= 4 is 48.9 Å². The lowest BCUT2D eigenvalue weighted by atomic mass is 10.1. The largest absolute Gasteiger partial charge is 0.377 e. The van der Waals surface area contributed by atoms with Crippen LogP contribution in [-0.2, 0) is 0 Å². The predicted molar refractivity (Wildman–Crippen MR) is 82.9 cm³/mol. The second-order valence-electron chi connectivity index (χ2n) is 3.95. The number of anilines is 1. The van der Waals surface area contributed by atoms with Crippen molar-refractivity contribution in [2.24, 2.45) is 0 Å². The van der Waals surface area contributed by atoms with Gasteiger partial charge in [0.2, 0.25) is 0 Å². The topological polar surface area (TPSA) is 12.0 Å². The lowest BCUT2D eigenvalue weighted by Crippen LogP contribution is -2.06. The Kier molecular flexibility index (Phi) is 4.28. The van der Waals surface area contributed by atoms with Gasteiger partial charge in [-0.2, -0.15) is 0 Å². The molecule has 0 aliphatic carbocycles. The van der Waals surface area contributed by atoms with Crippen LogP contribution in [0.4, 0.5) is 5.69 Å². The minimum atomic E-state index is 0.319. The van der Waals surface area contributed by atoms with Gasteiger partial charge in [0.05, 0.1) is 6.04 Å². The van der Waals surface area contributed by atoms with Crippen LogP contribution in [0.1, 0.15) is 23.4 Å². The maximum atomic E-state index is 3.55. The van der Waals surface area contributed by atoms with E-state index in [1.807, 2.05) is 0 Å². The molecule has 0 saturated heterocycles. The first-order valence-electron chi connectivity index (χ1n) is 5.33. The van der Waals surface area contributed by atoms with Gasteiger partial charge in [-0.15, -0.1) is 11.3 Å². The standard InChI is InChI=1S/C13H13Br2NS/c1-8-11(15)4-3-5-12(8)16-9(2)13-6-10(14)7-17-13/h3-7,9,16H,1-2H3. The number of thiophene rings is 1. The summed E-state index contributed by atoms with van der Waals surface area (Å²) in [5.41, 5.74) is 2.42. The summed E-state index contributed by atoms with van der Waals surface area (Å²) in [5, 5.41) is 5.65. The first-order chi connectivity index (χ1) is 8.08. The normalized spacial score (nSPS) is 12.5. The summed E-state index contributed by atoms with van der Waals surface area (Å²) in [7, 11) is 0. The van der Waals surface area contributed by atoms with Gasteiger partial charge >= 0.3 is 0 Å². The van der Waals surface area contributed by atoms with E-state index < -0.39 is 0 Å². The van der Waals surface area contributed by atoms with Crippen molar-refractivity contribution in [2.75, 3.05) is 5.32 Å². The third-order valence-electron chi connectivity index (χ3n) is 2.65. The van der Waals surface area contributed by atoms with E-state index in [-0.39, 0.29) is 0 Å². The van der Waals surface area contributed by atoms with Crippen molar-refractivity contribution in [3.63, 3.8) is 0 Å². The zero-order valence-corrected chi connectivity index (χ0v) is 13.6. The number of rotatable bonds is 3. The Bertz CT molecular complexity index is 522. The molecule has 1 nitrogen and oxygen atoms in total. The third kappa shape index (κ3) is 3.12. The second-order valence-corrected chi connectivity index (χ2v) is 6.66. The molecule has 90 valence electrons. The molecular formula is C13H13Br2NS. The van der Waals surface area contributed by atoms with Crippen LogP contribution in [-0.4, -0.2) is 0 Å². The fraction of sp³-hybridized carbons (Fsp3) is 0.231. The Hall–Kier alpha value is -0.320. The van der Waals surface area contributed by atoms with Crippen LogP contribution in [0.5, 0.6) is 0 Å². The average Bonchev–Trinajstić information content (AvgIpc) is 2.72. The summed E-state index contributed by atoms with van der Waals surface area (Å²) in [6.07, 6.45) is 0. The Balaban J connectivity index is 2.18. The molecule has 17 heavy (non-hydrogen) atoms. The van der Waals surface area contributed by atoms with E-state index >= 15 is 0 Å². The monoisotopic (exact) mass is 373 g/mol. The van der Waals surface area contributed by atoms with Gasteiger partial charge in [0.15, 0.2) is 0 Å². The molecule has 0 fully saturated rings. The van der Waals surface area contributed by atoms with Crippen molar-refractivity contribution in [2.45, 2.75) is 19.9 Å². The van der Waals surface area contributed by atoms with Crippen molar-refractivity contribution in [1.82, 2.24) is 0 Å². The average molecular weight is 375 g/mol. The van der Waals surface area contributed by atoms with Crippen molar-refractivity contribution in [3.05, 3.63) is 49.0 Å². The van der Waals surface area contributed by atoms with E-state index in [0.29, 0.717) is 6.04 Å². The molecule has 0 radical (unpaired) electrons. The van der Waals surface area contributed by atoms with E-state index in [0.717, 1.165) is 8.95 Å². The highest BCUT2D eigenvalue weighted by atomic mass is 79.9. The lowest BCUT2D eigenvalue weighted by Gasteiger charge is -2.16. The zero-order valence-electron chi connectivity index (χ0n) is 9.63. The molecule has 1 N–H and O–H groups in total. The summed E-state index contributed by atoms with van der Waals surface area (Å²) >= 11 is 8.80. The van der Waals surface area contributed by atoms with E-state index in [1.54, 1.807) is 11.3 Å². The Morgan fingerprint density at radius 2 is 2.06 bits per heavy atom. The number of halogens is 2. The molecule has 4 heteroatoms. The summed E-state index contributed by atoms with van der Waals surface area (Å²) in [4.78, 5) is 1.33. The fourth-order valence-corrected chi connectivity index (χ4v) is 3.44. The van der Waals surface area contributed by atoms with Crippen LogP contribution in [0.15, 0.2) is 38.6 Å². The molecule has 0 aliphatic heterocycles. The molecule has 1 aromatic carbocycles. The molecule has 0 saturated carbocycles. The highest BCUT2D eigenvalue weighted by Gasteiger charge is 2.09. The fourth-order valence-electron chi connectivity index (χ4n) is 1.62. The molecule has 0 amide bonds. The summed E-state index contributed by atoms with van der Waals surface area (Å²) in [6.45, 7) is 4.29. The molecule has 2 aromatic rings. The quantitative estimate of drug-likeness (QED) is 0.720. The third-order valence-corrected chi connectivity index (χ3v) is 5.39. The maximum Gasteiger partial charge on any atom is 0.0578 e. The van der Waals surface area contributed by atoms with Gasteiger partial charge in [-0.1, -0.05) is 22.0 Å². The minimum absolute atomic E-state index is 0.319. The number of hydrogen-bond acceptors (Lipinski definition) is 2. The SMILES string of the molecule is Cc1c(Br)cccc1NC(C)c1cc(Br)cs1. The molecule has 2 rings (SSSR count). The van der Waals surface area contributed by atoms with Crippen molar-refractivity contribution < 1.29 is 0 Å². The molecule has 1 atom stereocenters. The molecule has 1 aromatic heterocycles. The van der Waals surface area contributed by atoms with Gasteiger partial charge in [-0.3, -0.25) is 0 Å². The van der Waals surface area contributed by atoms with Gasteiger partial charge in [-0.05, 0) is 53.5 Å². The summed E-state index contributed by atoms with van der Waals surface area (Å²) in [6, 6.07) is 8.71. The van der Waals surface area contributed by atoms with Gasteiger partial charge < -0.3 is 5.32 Å². The van der Waals surface area contributed by atoms with E-state index in [9.17, 15) is 0 Å². The number of benzene rings is 1. The van der Waals surface area contributed by atoms with E-state index in [4.69, 9.17) is 0 Å². The number of hydrogen-bond donors (Lipinski definition) is 1. The molecule has 0 bridgehead atoms. The Morgan fingerprint density at radius 1 is 1.29 bits per heavy atom. The van der Waals surface area contributed by atoms with Crippen LogP contribution in [0, 0.1) is 6.92 Å². The van der Waals surface area contributed by atoms with Gasteiger partial charge in [0.25, 0.3) is 0 Å². The van der Waals surface area contributed by atoms with Crippen LogP contribution in [0.2, 0.25) is 0 Å². The summed E-state index contributed by atoms with van der Waals surface area (Å²) in [5.74, 6) is 0. The van der Waals surface area contributed by atoms with Gasteiger partial charge in [0.1, 0.15) is 0 Å². The van der Waals surface area contributed by atoms with E-state index in [2.05, 4.69) is 80.7 Å². The van der Waals surface area contributed by atoms with Gasteiger partial charge in [-0.25, -0.2) is 0 Å². The van der Waals surface area contributed by atoms with Crippen LogP contribution >= 0.6 is 43.2 Å². The number of nitrogens with one attached hydrogen (secondary N) is 1. The second kappa shape index (κ2) is 5.55. The molecule has 0 spiro atoms. The molecule has 1 unspecified atom stereocenters. The Labute approximate surface area is 123 Å². The van der Waals surface area contributed by atoms with Crippen LogP contribution in [0.3, 0.4) is 0 Å². The van der Waals surface area contributed by atoms with Crippen molar-refractivity contribution in [3.8, 4) is 0 Å². The van der Waals surface area contributed by atoms with Crippen LogP contribution < -0.4 is 5.32 Å². The lowest BCUT2D eigenvalue weighted by molar-refractivity contribution is 0.904. The Morgan fingerprint density at radius 3 is 2.71 bits per heavy atom. The maximum absolute atomic E-state index is 3.55. The minimum Gasteiger partial charge on any atom is -0.377 e. The predicted octanol–water partition coefficient (Wildman–Crippen LogP) is 5.75. The zero-order chi connectivity index (χ0) is 12.4. The van der Waals surface area contributed by atoms with Gasteiger partial charge in [0, 0.05) is 24.9 Å². The van der Waals surface area contributed by atoms with E-state index in [1.165, 1.54) is 16.1 Å². The first kappa shape index (κ1) is 13.1. The summed E-state index contributed by atoms with van der Waals surface area (Å²) < 4.78 is 2.29. The smallest absolute Gasteiger partial charge is 0.0578 e. The van der Waals surface area contributed by atoms with Crippen molar-refractivity contribution in [1.29, 1.82) is 0 Å². The molecule has 0 aliphatic rings. The highest BCUT2D eigenvalue weighted by Crippen LogP contribution is 2.30. The first-order valence-corrected chi connectivity index (χ1v) is 7.80. The molecule has 1 heterocycles. The molecular weight excluding hydrogens is 362 g/mol. The van der Waals surface area contributed by atoms with Crippen LogP contribution in [0.25, 0.3) is 0 Å².